The summed E-state index contributed by atoms with van der Waals surface area (Å²) in [6, 6.07) is 0. The molecule has 0 aromatic heterocycles. The first-order valence-corrected chi connectivity index (χ1v) is 3.68. The van der Waals surface area contributed by atoms with Crippen LogP contribution < -0.4 is 0 Å². The monoisotopic (exact) mass is 178 g/mol. The zero-order valence-electron chi connectivity index (χ0n) is 7.14. The Hall–Kier alpha value is -0.930. The van der Waals surface area contributed by atoms with E-state index in [1.807, 2.05) is 0 Å². The second-order valence-corrected chi connectivity index (χ2v) is 2.34. The van der Waals surface area contributed by atoms with Crippen LogP contribution in [0.3, 0.4) is 0 Å². The van der Waals surface area contributed by atoms with Crippen LogP contribution in [0.15, 0.2) is 11.6 Å². The summed E-state index contributed by atoms with van der Waals surface area (Å²) in [7, 11) is 0. The lowest BCUT2D eigenvalue weighted by Gasteiger charge is -1.99. The van der Waals surface area contributed by atoms with Gasteiger partial charge in [0.2, 0.25) is 6.43 Å². The molecule has 0 saturated heterocycles. The molecular formula is C8H12F2O2. The molecule has 70 valence electrons. The van der Waals surface area contributed by atoms with E-state index >= 15 is 0 Å². The molecule has 4 heteroatoms. The van der Waals surface area contributed by atoms with Crippen LogP contribution >= 0.6 is 0 Å². The molecule has 0 aliphatic carbocycles. The van der Waals surface area contributed by atoms with Gasteiger partial charge < -0.3 is 4.74 Å². The SMILES string of the molecule is CCOC(=O)/C=C(\C)CC(F)F. The maximum absolute atomic E-state index is 11.7. The molecule has 0 bridgehead atoms. The van der Waals surface area contributed by atoms with E-state index in [9.17, 15) is 13.6 Å². The molecule has 0 N–H and O–H groups in total. The molecule has 0 unspecified atom stereocenters. The highest BCUT2D eigenvalue weighted by Crippen LogP contribution is 2.08. The number of halogens is 2. The third-order valence-electron chi connectivity index (χ3n) is 1.13. The van der Waals surface area contributed by atoms with Crippen LogP contribution in [-0.4, -0.2) is 19.0 Å². The number of hydrogen-bond donors (Lipinski definition) is 0. The summed E-state index contributed by atoms with van der Waals surface area (Å²) in [6.45, 7) is 3.40. The molecule has 0 spiro atoms. The first-order chi connectivity index (χ1) is 5.56. The van der Waals surface area contributed by atoms with E-state index in [0.29, 0.717) is 5.57 Å². The summed E-state index contributed by atoms with van der Waals surface area (Å²) in [5.74, 6) is -0.560. The van der Waals surface area contributed by atoms with Crippen LogP contribution in [-0.2, 0) is 9.53 Å². The summed E-state index contributed by atoms with van der Waals surface area (Å²) in [5, 5.41) is 0. The van der Waals surface area contributed by atoms with Crippen molar-refractivity contribution in [1.82, 2.24) is 0 Å². The van der Waals surface area contributed by atoms with Gasteiger partial charge in [-0.05, 0) is 13.8 Å². The fourth-order valence-corrected chi connectivity index (χ4v) is 0.687. The number of alkyl halides is 2. The lowest BCUT2D eigenvalue weighted by Crippen LogP contribution is -2.01. The summed E-state index contributed by atoms with van der Waals surface area (Å²) in [5.41, 5.74) is 0.337. The molecule has 2 nitrogen and oxygen atoms in total. The van der Waals surface area contributed by atoms with Crippen LogP contribution in [0.5, 0.6) is 0 Å². The van der Waals surface area contributed by atoms with E-state index in [0.717, 1.165) is 6.08 Å². The van der Waals surface area contributed by atoms with Crippen molar-refractivity contribution in [2.75, 3.05) is 6.61 Å². The van der Waals surface area contributed by atoms with Gasteiger partial charge in [0, 0.05) is 12.5 Å². The number of carbonyl (C=O) groups excluding carboxylic acids is 1. The van der Waals surface area contributed by atoms with E-state index in [-0.39, 0.29) is 13.0 Å². The second kappa shape index (κ2) is 5.69. The zero-order valence-corrected chi connectivity index (χ0v) is 7.14. The highest BCUT2D eigenvalue weighted by atomic mass is 19.3. The van der Waals surface area contributed by atoms with Gasteiger partial charge in [-0.2, -0.15) is 0 Å². The summed E-state index contributed by atoms with van der Waals surface area (Å²) in [6.07, 6.45) is -1.69. The largest absolute Gasteiger partial charge is 0.463 e. The van der Waals surface area contributed by atoms with Gasteiger partial charge in [0.15, 0.2) is 0 Å². The zero-order chi connectivity index (χ0) is 9.56. The van der Waals surface area contributed by atoms with Crippen LogP contribution in [0.1, 0.15) is 20.3 Å². The first-order valence-electron chi connectivity index (χ1n) is 3.68. The molecule has 0 aliphatic rings. The molecule has 0 atom stereocenters. The Bertz CT molecular complexity index is 176. The summed E-state index contributed by atoms with van der Waals surface area (Å²) in [4.78, 5) is 10.7. The first kappa shape index (κ1) is 11.1. The molecule has 0 saturated carbocycles. The van der Waals surface area contributed by atoms with Crippen LogP contribution in [0.4, 0.5) is 8.78 Å². The van der Waals surface area contributed by atoms with Gasteiger partial charge in [-0.1, -0.05) is 5.57 Å². The Morgan fingerprint density at radius 2 is 2.17 bits per heavy atom. The molecular weight excluding hydrogens is 166 g/mol. The Kier molecular flexibility index (Phi) is 5.25. The fourth-order valence-electron chi connectivity index (χ4n) is 0.687. The lowest BCUT2D eigenvalue weighted by molar-refractivity contribution is -0.137. The van der Waals surface area contributed by atoms with Gasteiger partial charge in [-0.15, -0.1) is 0 Å². The Balaban J connectivity index is 3.89. The number of carbonyl (C=O) groups is 1. The minimum atomic E-state index is -2.41. The molecule has 0 aromatic rings. The molecule has 0 fully saturated rings. The standard InChI is InChI=1S/C8H12F2O2/c1-3-12-8(11)5-6(2)4-7(9)10/h5,7H,3-4H2,1-2H3/b6-5+. The van der Waals surface area contributed by atoms with Gasteiger partial charge in [0.05, 0.1) is 6.61 Å². The van der Waals surface area contributed by atoms with Crippen molar-refractivity contribution in [3.63, 3.8) is 0 Å². The highest BCUT2D eigenvalue weighted by Gasteiger charge is 2.05. The predicted octanol–water partition coefficient (Wildman–Crippen LogP) is 2.15. The number of esters is 1. The third-order valence-corrected chi connectivity index (χ3v) is 1.13. The van der Waals surface area contributed by atoms with Gasteiger partial charge in [-0.3, -0.25) is 0 Å². The smallest absolute Gasteiger partial charge is 0.330 e. The normalized spacial score (nSPS) is 11.9. The van der Waals surface area contributed by atoms with Gasteiger partial charge in [0.1, 0.15) is 0 Å². The molecule has 0 aromatic carbocycles. The fraction of sp³-hybridized carbons (Fsp3) is 0.625. The summed E-state index contributed by atoms with van der Waals surface area (Å²) < 4.78 is 28.0. The van der Waals surface area contributed by atoms with Crippen molar-refractivity contribution in [3.05, 3.63) is 11.6 Å². The Morgan fingerprint density at radius 1 is 1.58 bits per heavy atom. The topological polar surface area (TPSA) is 26.3 Å². The maximum atomic E-state index is 11.7. The van der Waals surface area contributed by atoms with Crippen LogP contribution in [0, 0.1) is 0 Å². The molecule has 0 amide bonds. The average molecular weight is 178 g/mol. The van der Waals surface area contributed by atoms with E-state index in [1.54, 1.807) is 6.92 Å². The van der Waals surface area contributed by atoms with Crippen molar-refractivity contribution in [2.45, 2.75) is 26.7 Å². The van der Waals surface area contributed by atoms with E-state index < -0.39 is 12.4 Å². The van der Waals surface area contributed by atoms with E-state index in [4.69, 9.17) is 0 Å². The molecule has 0 radical (unpaired) electrons. The van der Waals surface area contributed by atoms with Crippen molar-refractivity contribution in [1.29, 1.82) is 0 Å². The van der Waals surface area contributed by atoms with E-state index in [1.165, 1.54) is 6.92 Å². The second-order valence-electron chi connectivity index (χ2n) is 2.34. The van der Waals surface area contributed by atoms with Crippen molar-refractivity contribution >= 4 is 5.97 Å². The Morgan fingerprint density at radius 3 is 2.58 bits per heavy atom. The molecule has 0 heterocycles. The van der Waals surface area contributed by atoms with Crippen LogP contribution in [0.2, 0.25) is 0 Å². The number of ether oxygens (including phenoxy) is 1. The van der Waals surface area contributed by atoms with Crippen molar-refractivity contribution in [3.8, 4) is 0 Å². The highest BCUT2D eigenvalue weighted by molar-refractivity contribution is 5.82. The molecule has 0 aliphatic heterocycles. The number of hydrogen-bond acceptors (Lipinski definition) is 2. The van der Waals surface area contributed by atoms with Gasteiger partial charge in [-0.25, -0.2) is 13.6 Å². The third kappa shape index (κ3) is 5.82. The number of allylic oxidation sites excluding steroid dienone is 1. The molecule has 12 heavy (non-hydrogen) atoms. The number of rotatable bonds is 4. The van der Waals surface area contributed by atoms with Crippen molar-refractivity contribution in [2.24, 2.45) is 0 Å². The minimum Gasteiger partial charge on any atom is -0.463 e. The van der Waals surface area contributed by atoms with E-state index in [2.05, 4.69) is 4.74 Å². The van der Waals surface area contributed by atoms with Crippen molar-refractivity contribution < 1.29 is 18.3 Å². The lowest BCUT2D eigenvalue weighted by atomic mass is 10.2. The Labute approximate surface area is 70.2 Å². The van der Waals surface area contributed by atoms with Gasteiger partial charge >= 0.3 is 5.97 Å². The van der Waals surface area contributed by atoms with Gasteiger partial charge in [0.25, 0.3) is 0 Å². The predicted molar refractivity (Wildman–Crippen MR) is 41.0 cm³/mol. The van der Waals surface area contributed by atoms with Crippen LogP contribution in [0.25, 0.3) is 0 Å². The minimum absolute atomic E-state index is 0.261. The quantitative estimate of drug-likeness (QED) is 0.487. The molecule has 0 rings (SSSR count). The maximum Gasteiger partial charge on any atom is 0.330 e. The summed E-state index contributed by atoms with van der Waals surface area (Å²) >= 11 is 0. The average Bonchev–Trinajstić information content (AvgIpc) is 1.84.